The molecule has 0 saturated carbocycles. The number of carbonyl (C=O) groups excluding carboxylic acids is 1. The Hall–Kier alpha value is -1.59. The van der Waals surface area contributed by atoms with E-state index in [1.54, 1.807) is 12.1 Å². The van der Waals surface area contributed by atoms with E-state index in [9.17, 15) is 9.90 Å². The number of benzene rings is 1. The zero-order valence-corrected chi connectivity index (χ0v) is 16.1. The highest BCUT2D eigenvalue weighted by Gasteiger charge is 2.06. The summed E-state index contributed by atoms with van der Waals surface area (Å²) in [5.74, 6) is -0.251. The molecule has 0 saturated heterocycles. The number of rotatable bonds is 16. The van der Waals surface area contributed by atoms with E-state index < -0.39 is 0 Å². The molecule has 0 unspecified atom stereocenters. The Labute approximate surface area is 157 Å². The Morgan fingerprint density at radius 3 is 1.96 bits per heavy atom. The van der Waals surface area contributed by atoms with E-state index in [1.807, 2.05) is 0 Å². The summed E-state index contributed by atoms with van der Waals surface area (Å²) in [5, 5.41) is 9.18. The van der Waals surface area contributed by atoms with Gasteiger partial charge in [-0.3, -0.25) is 0 Å². The van der Waals surface area contributed by atoms with Gasteiger partial charge in [0.2, 0.25) is 0 Å². The monoisotopic (exact) mass is 366 g/mol. The molecule has 1 N–H and O–H groups in total. The van der Waals surface area contributed by atoms with Crippen LogP contribution >= 0.6 is 0 Å². The first-order valence-corrected chi connectivity index (χ1v) is 9.85. The maximum atomic E-state index is 11.7. The number of hydrogen-bond acceptors (Lipinski definition) is 5. The lowest BCUT2D eigenvalue weighted by molar-refractivity contribution is 0.0422. The van der Waals surface area contributed by atoms with Crippen LogP contribution in [0.5, 0.6) is 5.75 Å². The number of unbranched alkanes of at least 4 members (excludes halogenated alkanes) is 5. The second kappa shape index (κ2) is 15.6. The van der Waals surface area contributed by atoms with E-state index in [0.717, 1.165) is 26.1 Å². The van der Waals surface area contributed by atoms with Crippen molar-refractivity contribution in [1.82, 2.24) is 0 Å². The number of phenols is 1. The molecular weight excluding hydrogens is 332 g/mol. The molecule has 0 heterocycles. The number of ether oxygens (including phenoxy) is 3. The summed E-state index contributed by atoms with van der Waals surface area (Å²) < 4.78 is 16.2. The van der Waals surface area contributed by atoms with Gasteiger partial charge in [0.25, 0.3) is 0 Å². The van der Waals surface area contributed by atoms with Gasteiger partial charge in [-0.15, -0.1) is 0 Å². The fourth-order valence-electron chi connectivity index (χ4n) is 2.46. The summed E-state index contributed by atoms with van der Waals surface area (Å²) in [5.41, 5.74) is 0.436. The maximum Gasteiger partial charge on any atom is 0.338 e. The molecule has 0 atom stereocenters. The Morgan fingerprint density at radius 1 is 0.769 bits per heavy atom. The molecule has 0 radical (unpaired) electrons. The SMILES string of the molecule is CCCCCCCCOCCCOCCCOC(=O)c1ccc(O)cc1. The molecule has 0 bridgehead atoms. The smallest absolute Gasteiger partial charge is 0.338 e. The third-order valence-corrected chi connectivity index (χ3v) is 3.99. The van der Waals surface area contributed by atoms with Crippen molar-refractivity contribution < 1.29 is 24.1 Å². The number of aromatic hydroxyl groups is 1. The molecule has 5 nitrogen and oxygen atoms in total. The average Bonchev–Trinajstić information content (AvgIpc) is 2.65. The van der Waals surface area contributed by atoms with Gasteiger partial charge in [0.05, 0.1) is 12.2 Å². The summed E-state index contributed by atoms with van der Waals surface area (Å²) in [4.78, 5) is 11.7. The van der Waals surface area contributed by atoms with E-state index in [4.69, 9.17) is 14.2 Å². The lowest BCUT2D eigenvalue weighted by atomic mass is 10.1. The highest BCUT2D eigenvalue weighted by atomic mass is 16.5. The first kappa shape index (κ1) is 22.5. The minimum atomic E-state index is -0.381. The molecule has 1 aromatic rings. The molecule has 0 aliphatic heterocycles. The van der Waals surface area contributed by atoms with E-state index in [1.165, 1.54) is 44.2 Å². The highest BCUT2D eigenvalue weighted by Crippen LogP contribution is 2.10. The van der Waals surface area contributed by atoms with Crippen LogP contribution in [0.3, 0.4) is 0 Å². The molecule has 0 fully saturated rings. The molecule has 148 valence electrons. The van der Waals surface area contributed by atoms with Crippen LogP contribution in [0.2, 0.25) is 0 Å². The van der Waals surface area contributed by atoms with Crippen LogP contribution in [0.4, 0.5) is 0 Å². The van der Waals surface area contributed by atoms with Gasteiger partial charge in [0.1, 0.15) is 5.75 Å². The molecule has 0 aliphatic rings. The largest absolute Gasteiger partial charge is 0.508 e. The molecule has 1 aromatic carbocycles. The second-order valence-corrected chi connectivity index (χ2v) is 6.38. The van der Waals surface area contributed by atoms with Crippen LogP contribution in [-0.4, -0.2) is 44.1 Å². The van der Waals surface area contributed by atoms with Crippen molar-refractivity contribution in [2.45, 2.75) is 58.3 Å². The summed E-state index contributed by atoms with van der Waals surface area (Å²) >= 11 is 0. The lowest BCUT2D eigenvalue weighted by Gasteiger charge is -2.07. The van der Waals surface area contributed by atoms with Crippen LogP contribution in [0.15, 0.2) is 24.3 Å². The van der Waals surface area contributed by atoms with E-state index in [-0.39, 0.29) is 11.7 Å². The van der Waals surface area contributed by atoms with Gasteiger partial charge in [-0.2, -0.15) is 0 Å². The summed E-state index contributed by atoms with van der Waals surface area (Å²) in [6, 6.07) is 6.02. The number of esters is 1. The normalized spacial score (nSPS) is 10.8. The van der Waals surface area contributed by atoms with E-state index in [2.05, 4.69) is 6.92 Å². The van der Waals surface area contributed by atoms with Crippen molar-refractivity contribution in [1.29, 1.82) is 0 Å². The molecule has 0 aromatic heterocycles. The van der Waals surface area contributed by atoms with Gasteiger partial charge in [-0.05, 0) is 37.1 Å². The second-order valence-electron chi connectivity index (χ2n) is 6.38. The third-order valence-electron chi connectivity index (χ3n) is 3.99. The topological polar surface area (TPSA) is 65.0 Å². The standard InChI is InChI=1S/C21H34O5/c1-2-3-4-5-6-7-14-24-15-8-16-25-17-9-18-26-21(23)19-10-12-20(22)13-11-19/h10-13,22H,2-9,14-18H2,1H3. The van der Waals surface area contributed by atoms with E-state index in [0.29, 0.717) is 31.8 Å². The van der Waals surface area contributed by atoms with Gasteiger partial charge in [0, 0.05) is 32.8 Å². The Kier molecular flexibility index (Phi) is 13.5. The summed E-state index contributed by atoms with van der Waals surface area (Å²) in [7, 11) is 0. The van der Waals surface area contributed by atoms with Crippen molar-refractivity contribution in [3.63, 3.8) is 0 Å². The summed E-state index contributed by atoms with van der Waals surface area (Å²) in [6.45, 7) is 5.39. The fraction of sp³-hybridized carbons (Fsp3) is 0.667. The van der Waals surface area contributed by atoms with Gasteiger partial charge >= 0.3 is 5.97 Å². The van der Waals surface area contributed by atoms with Crippen LogP contribution in [0.25, 0.3) is 0 Å². The average molecular weight is 366 g/mol. The minimum absolute atomic E-state index is 0.130. The van der Waals surface area contributed by atoms with Crippen molar-refractivity contribution >= 4 is 5.97 Å². The van der Waals surface area contributed by atoms with Gasteiger partial charge < -0.3 is 19.3 Å². The molecule has 1 rings (SSSR count). The number of carbonyl (C=O) groups is 1. The minimum Gasteiger partial charge on any atom is -0.508 e. The zero-order valence-electron chi connectivity index (χ0n) is 16.1. The van der Waals surface area contributed by atoms with Gasteiger partial charge in [-0.25, -0.2) is 4.79 Å². The van der Waals surface area contributed by atoms with Gasteiger partial charge in [-0.1, -0.05) is 39.0 Å². The van der Waals surface area contributed by atoms with Crippen LogP contribution < -0.4 is 0 Å². The van der Waals surface area contributed by atoms with Crippen molar-refractivity contribution in [2.75, 3.05) is 33.0 Å². The van der Waals surface area contributed by atoms with Crippen LogP contribution in [-0.2, 0) is 14.2 Å². The predicted octanol–water partition coefficient (Wildman–Crippen LogP) is 4.72. The molecule has 0 amide bonds. The fourth-order valence-corrected chi connectivity index (χ4v) is 2.46. The highest BCUT2D eigenvalue weighted by molar-refractivity contribution is 5.89. The quantitative estimate of drug-likeness (QED) is 0.339. The predicted molar refractivity (Wildman–Crippen MR) is 103 cm³/mol. The zero-order chi connectivity index (χ0) is 18.9. The first-order chi connectivity index (χ1) is 12.7. The lowest BCUT2D eigenvalue weighted by Crippen LogP contribution is -2.09. The molecular formula is C21H34O5. The Balaban J connectivity index is 1.82. The first-order valence-electron chi connectivity index (χ1n) is 9.85. The van der Waals surface area contributed by atoms with Crippen molar-refractivity contribution in [2.24, 2.45) is 0 Å². The molecule has 0 aliphatic carbocycles. The van der Waals surface area contributed by atoms with Crippen LogP contribution in [0.1, 0.15) is 68.6 Å². The molecule has 26 heavy (non-hydrogen) atoms. The number of hydrogen-bond donors (Lipinski definition) is 1. The summed E-state index contributed by atoms with van der Waals surface area (Å²) in [6.07, 6.45) is 9.26. The van der Waals surface area contributed by atoms with Crippen LogP contribution in [0, 0.1) is 0 Å². The maximum absolute atomic E-state index is 11.7. The number of phenolic OH excluding ortho intramolecular Hbond substituents is 1. The Bertz CT molecular complexity index is 458. The van der Waals surface area contributed by atoms with Crippen molar-refractivity contribution in [3.05, 3.63) is 29.8 Å². The van der Waals surface area contributed by atoms with Crippen molar-refractivity contribution in [3.8, 4) is 5.75 Å². The van der Waals surface area contributed by atoms with Gasteiger partial charge in [0.15, 0.2) is 0 Å². The third kappa shape index (κ3) is 11.9. The molecule has 0 spiro atoms. The Morgan fingerprint density at radius 2 is 1.31 bits per heavy atom. The molecule has 5 heteroatoms. The van der Waals surface area contributed by atoms with E-state index >= 15 is 0 Å².